The Morgan fingerprint density at radius 3 is 2.29 bits per heavy atom. The molecule has 9 nitrogen and oxygen atoms in total. The van der Waals surface area contributed by atoms with Crippen molar-refractivity contribution >= 4 is 33.3 Å². The third-order valence-corrected chi connectivity index (χ3v) is 9.71. The van der Waals surface area contributed by atoms with Gasteiger partial charge in [-0.25, -0.2) is 8.42 Å². The van der Waals surface area contributed by atoms with Gasteiger partial charge in [-0.1, -0.05) is 6.07 Å². The number of carbonyl (C=O) groups is 2. The second kappa shape index (κ2) is 12.8. The Morgan fingerprint density at radius 1 is 1.00 bits per heavy atom. The number of amides is 1. The largest absolute Gasteiger partial charge is 0.481 e. The molecule has 0 bridgehead atoms. The van der Waals surface area contributed by atoms with Crippen LogP contribution in [0.3, 0.4) is 0 Å². The minimum atomic E-state index is -4.40. The number of carboxylic acid groups (broad SMARTS) is 1. The maximum Gasteiger partial charge on any atom is 0.416 e. The molecular weight excluding hydrogens is 561 g/mol. The van der Waals surface area contributed by atoms with Gasteiger partial charge in [-0.3, -0.25) is 14.5 Å². The van der Waals surface area contributed by atoms with Crippen LogP contribution in [0, 0.1) is 11.8 Å². The lowest BCUT2D eigenvalue weighted by Gasteiger charge is -2.40. The molecule has 13 heteroatoms. The highest BCUT2D eigenvalue weighted by atomic mass is 32.2. The fourth-order valence-corrected chi connectivity index (χ4v) is 7.12. The molecule has 2 fully saturated rings. The number of hydrogen-bond acceptors (Lipinski definition) is 6. The molecule has 2 aliphatic rings. The summed E-state index contributed by atoms with van der Waals surface area (Å²) in [5.41, 5.74) is 0.337. The minimum Gasteiger partial charge on any atom is -0.481 e. The maximum atomic E-state index is 13.4. The van der Waals surface area contributed by atoms with Gasteiger partial charge < -0.3 is 15.3 Å². The lowest BCUT2D eigenvalue weighted by atomic mass is 9.82. The highest BCUT2D eigenvalue weighted by Gasteiger charge is 2.37. The van der Waals surface area contributed by atoms with Gasteiger partial charge in [-0.05, 0) is 73.7 Å². The van der Waals surface area contributed by atoms with Crippen LogP contribution in [0.5, 0.6) is 0 Å². The Bertz CT molecular complexity index is 1330. The van der Waals surface area contributed by atoms with E-state index in [9.17, 15) is 36.3 Å². The van der Waals surface area contributed by atoms with Crippen molar-refractivity contribution in [2.24, 2.45) is 11.8 Å². The molecule has 2 saturated heterocycles. The molecule has 2 N–H and O–H groups in total. The second-order valence-electron chi connectivity index (χ2n) is 10.6. The Balaban J connectivity index is 1.37. The number of sulfonamides is 1. The van der Waals surface area contributed by atoms with E-state index in [0.717, 1.165) is 12.1 Å². The minimum absolute atomic E-state index is 0.0344. The van der Waals surface area contributed by atoms with Crippen LogP contribution in [0.1, 0.15) is 31.7 Å². The quantitative estimate of drug-likeness (QED) is 0.451. The predicted octanol–water partition coefficient (Wildman–Crippen LogP) is 3.98. The zero-order chi connectivity index (χ0) is 29.8. The van der Waals surface area contributed by atoms with E-state index < -0.39 is 27.7 Å². The van der Waals surface area contributed by atoms with E-state index in [-0.39, 0.29) is 42.1 Å². The van der Waals surface area contributed by atoms with Crippen LogP contribution in [-0.2, 0) is 25.8 Å². The molecule has 0 radical (unpaired) electrons. The summed E-state index contributed by atoms with van der Waals surface area (Å²) in [4.78, 5) is 27.0. The molecule has 0 spiro atoms. The van der Waals surface area contributed by atoms with Gasteiger partial charge in [-0.15, -0.1) is 0 Å². The Kier molecular flexibility index (Phi) is 9.60. The van der Waals surface area contributed by atoms with E-state index in [1.54, 1.807) is 6.07 Å². The molecule has 2 aromatic rings. The number of piperidine rings is 1. The molecule has 0 aliphatic carbocycles. The number of halogens is 3. The normalized spacial score (nSPS) is 21.0. The van der Waals surface area contributed by atoms with Gasteiger partial charge in [0.05, 0.1) is 10.5 Å². The fourth-order valence-electron chi connectivity index (χ4n) is 5.61. The summed E-state index contributed by atoms with van der Waals surface area (Å²) < 4.78 is 67.6. The molecule has 2 atom stereocenters. The lowest BCUT2D eigenvalue weighted by Crippen LogP contribution is -2.48. The van der Waals surface area contributed by atoms with Crippen molar-refractivity contribution in [2.75, 3.05) is 56.0 Å². The summed E-state index contributed by atoms with van der Waals surface area (Å²) in [6, 6.07) is 11.3. The molecule has 0 unspecified atom stereocenters. The number of hydrogen-bond donors (Lipinski definition) is 2. The van der Waals surface area contributed by atoms with Crippen molar-refractivity contribution in [1.29, 1.82) is 0 Å². The molecule has 1 amide bonds. The summed E-state index contributed by atoms with van der Waals surface area (Å²) in [6.07, 6.45) is -3.40. The topological polar surface area (TPSA) is 110 Å². The molecule has 2 aromatic carbocycles. The number of nitrogens with zero attached hydrogens (tertiary/aromatic N) is 3. The zero-order valence-electron chi connectivity index (χ0n) is 22.8. The maximum absolute atomic E-state index is 13.4. The Labute approximate surface area is 238 Å². The van der Waals surface area contributed by atoms with E-state index in [0.29, 0.717) is 56.9 Å². The van der Waals surface area contributed by atoms with Gasteiger partial charge in [0, 0.05) is 64.0 Å². The van der Waals surface area contributed by atoms with Crippen LogP contribution < -0.4 is 10.2 Å². The van der Waals surface area contributed by atoms with Crippen molar-refractivity contribution in [3.63, 3.8) is 0 Å². The standard InChI is InChI=1S/C28H35F3N4O5S/c1-20(36)32-24-5-7-26(8-6-24)41(39,40)35-12-10-21(17-27(37)38)22(19-35)9-11-33-13-15-34(16-14-33)25-4-2-3-23(18-25)28(29,30)31/h2-8,18,21-22H,9-17,19H2,1H3,(H,32,36)(H,37,38)/t21-,22-/m0/s1. The highest BCUT2D eigenvalue weighted by Crippen LogP contribution is 2.34. The molecule has 0 saturated carbocycles. The highest BCUT2D eigenvalue weighted by molar-refractivity contribution is 7.89. The van der Waals surface area contributed by atoms with Gasteiger partial charge in [0.15, 0.2) is 0 Å². The van der Waals surface area contributed by atoms with Crippen molar-refractivity contribution in [1.82, 2.24) is 9.21 Å². The van der Waals surface area contributed by atoms with E-state index in [1.807, 2.05) is 4.90 Å². The number of carboxylic acids is 1. The first-order valence-electron chi connectivity index (χ1n) is 13.6. The van der Waals surface area contributed by atoms with Crippen LogP contribution >= 0.6 is 0 Å². The number of rotatable bonds is 9. The third kappa shape index (κ3) is 7.98. The fraction of sp³-hybridized carbons (Fsp3) is 0.500. The average Bonchev–Trinajstić information content (AvgIpc) is 2.92. The van der Waals surface area contributed by atoms with Gasteiger partial charge in [0.2, 0.25) is 15.9 Å². The molecule has 2 aliphatic heterocycles. The first-order chi connectivity index (χ1) is 19.3. The molecule has 224 valence electrons. The van der Waals surface area contributed by atoms with Crippen molar-refractivity contribution in [3.05, 3.63) is 54.1 Å². The lowest BCUT2D eigenvalue weighted by molar-refractivity contribution is -0.139. The Morgan fingerprint density at radius 2 is 1.68 bits per heavy atom. The van der Waals surface area contributed by atoms with Gasteiger partial charge in [0.25, 0.3) is 0 Å². The number of benzene rings is 2. The molecule has 41 heavy (non-hydrogen) atoms. The van der Waals surface area contributed by atoms with E-state index in [2.05, 4.69) is 10.2 Å². The van der Waals surface area contributed by atoms with Crippen molar-refractivity contribution in [3.8, 4) is 0 Å². The summed E-state index contributed by atoms with van der Waals surface area (Å²) in [5, 5.41) is 12.1. The van der Waals surface area contributed by atoms with Gasteiger partial charge >= 0.3 is 12.1 Å². The monoisotopic (exact) mass is 596 g/mol. The Hall–Kier alpha value is -3.16. The van der Waals surface area contributed by atoms with Crippen LogP contribution in [0.15, 0.2) is 53.4 Å². The SMILES string of the molecule is CC(=O)Nc1ccc(S(=O)(=O)N2CC[C@@H](CC(=O)O)[C@@H](CCN3CCN(c4cccc(C(F)(F)F)c4)CC3)C2)cc1. The van der Waals surface area contributed by atoms with Crippen molar-refractivity contribution < 1.29 is 36.3 Å². The van der Waals surface area contributed by atoms with E-state index >= 15 is 0 Å². The van der Waals surface area contributed by atoms with Gasteiger partial charge in [0.1, 0.15) is 0 Å². The van der Waals surface area contributed by atoms with Gasteiger partial charge in [-0.2, -0.15) is 17.5 Å². The summed E-state index contributed by atoms with van der Waals surface area (Å²) >= 11 is 0. The number of piperazine rings is 1. The summed E-state index contributed by atoms with van der Waals surface area (Å²) in [5.74, 6) is -1.50. The zero-order valence-corrected chi connectivity index (χ0v) is 23.6. The molecular formula is C28H35F3N4O5S. The third-order valence-electron chi connectivity index (χ3n) is 7.83. The van der Waals surface area contributed by atoms with Crippen molar-refractivity contribution in [2.45, 2.75) is 37.3 Å². The van der Waals surface area contributed by atoms with E-state index in [4.69, 9.17) is 0 Å². The average molecular weight is 597 g/mol. The molecule has 0 aromatic heterocycles. The number of nitrogens with one attached hydrogen (secondary N) is 1. The van der Waals surface area contributed by atoms with Crippen LogP contribution in [-0.4, -0.2) is 80.4 Å². The summed E-state index contributed by atoms with van der Waals surface area (Å²) in [7, 11) is -3.81. The number of anilines is 2. The first-order valence-corrected chi connectivity index (χ1v) is 15.0. The van der Waals surface area contributed by atoms with Crippen LogP contribution in [0.4, 0.5) is 24.5 Å². The smallest absolute Gasteiger partial charge is 0.416 e. The molecule has 2 heterocycles. The van der Waals surface area contributed by atoms with Crippen LogP contribution in [0.2, 0.25) is 0 Å². The number of aliphatic carboxylic acids is 1. The predicted molar refractivity (Wildman–Crippen MR) is 148 cm³/mol. The number of carbonyl (C=O) groups excluding carboxylic acids is 1. The van der Waals surface area contributed by atoms with E-state index in [1.165, 1.54) is 41.6 Å². The second-order valence-corrected chi connectivity index (χ2v) is 12.6. The van der Waals surface area contributed by atoms with Crippen LogP contribution in [0.25, 0.3) is 0 Å². The first kappa shape index (κ1) is 30.8. The molecule has 4 rings (SSSR count). The summed E-state index contributed by atoms with van der Waals surface area (Å²) in [6.45, 7) is 4.81. The number of alkyl halides is 3.